The van der Waals surface area contributed by atoms with Crippen LogP contribution >= 0.6 is 24.0 Å². The zero-order chi connectivity index (χ0) is 23.7. The number of pyridine rings is 1. The molecule has 0 radical (unpaired) electrons. The summed E-state index contributed by atoms with van der Waals surface area (Å²) in [5.41, 5.74) is 2.62. The highest BCUT2D eigenvalue weighted by Gasteiger charge is 2.36. The van der Waals surface area contributed by atoms with Gasteiger partial charge < -0.3 is 5.32 Å². The quantitative estimate of drug-likeness (QED) is 0.396. The van der Waals surface area contributed by atoms with E-state index < -0.39 is 0 Å². The van der Waals surface area contributed by atoms with Crippen LogP contribution < -0.4 is 10.9 Å². The van der Waals surface area contributed by atoms with Crippen molar-refractivity contribution in [1.82, 2.24) is 14.3 Å². The number of thiocarbonyl (C=S) groups is 1. The molecule has 1 aromatic carbocycles. The van der Waals surface area contributed by atoms with Gasteiger partial charge in [-0.2, -0.15) is 0 Å². The summed E-state index contributed by atoms with van der Waals surface area (Å²) in [7, 11) is 0. The van der Waals surface area contributed by atoms with Crippen LogP contribution in [0, 0.1) is 12.8 Å². The van der Waals surface area contributed by atoms with Crippen LogP contribution in [-0.2, 0) is 4.79 Å². The lowest BCUT2D eigenvalue weighted by molar-refractivity contribution is -0.123. The van der Waals surface area contributed by atoms with E-state index in [9.17, 15) is 9.59 Å². The van der Waals surface area contributed by atoms with Gasteiger partial charge in [-0.05, 0) is 43.0 Å². The topological polar surface area (TPSA) is 66.7 Å². The Morgan fingerprint density at radius 2 is 1.85 bits per heavy atom. The summed E-state index contributed by atoms with van der Waals surface area (Å²) in [5, 5.41) is 3.30. The van der Waals surface area contributed by atoms with E-state index in [1.165, 1.54) is 16.2 Å². The molecule has 170 valence electrons. The fourth-order valence-corrected chi connectivity index (χ4v) is 5.10. The van der Waals surface area contributed by atoms with Crippen molar-refractivity contribution in [2.45, 2.75) is 33.7 Å². The van der Waals surface area contributed by atoms with E-state index in [1.807, 2.05) is 56.3 Å². The molecule has 1 amide bonds. The molecule has 1 fully saturated rings. The molecule has 0 bridgehead atoms. The van der Waals surface area contributed by atoms with Crippen LogP contribution in [0.25, 0.3) is 11.7 Å². The Labute approximate surface area is 202 Å². The summed E-state index contributed by atoms with van der Waals surface area (Å²) in [6, 6.07) is 13.3. The maximum absolute atomic E-state index is 13.4. The summed E-state index contributed by atoms with van der Waals surface area (Å²) in [5.74, 6) is 0.634. The van der Waals surface area contributed by atoms with E-state index >= 15 is 0 Å². The average molecular weight is 479 g/mol. The number of nitrogens with zero attached hydrogens (tertiary/aromatic N) is 3. The number of carbonyl (C=O) groups excluding carboxylic acids is 1. The Kier molecular flexibility index (Phi) is 6.67. The molecule has 1 aliphatic heterocycles. The Morgan fingerprint density at radius 3 is 2.55 bits per heavy atom. The number of carbonyl (C=O) groups is 1. The zero-order valence-corrected chi connectivity index (χ0v) is 20.7. The second kappa shape index (κ2) is 9.49. The molecule has 2 aromatic heterocycles. The standard InChI is InChI=1S/C25H26N4O2S2/c1-15(2)14-26-21-19(23(30)28-12-8-9-16(3)22(28)27-21)13-20-24(31)29(25(32)33-20)17(4)18-10-6-5-7-11-18/h5-13,15,17,26H,14H2,1-4H3. The van der Waals surface area contributed by atoms with Crippen LogP contribution in [0.4, 0.5) is 5.82 Å². The molecule has 3 heterocycles. The molecule has 3 aromatic rings. The molecule has 1 atom stereocenters. The van der Waals surface area contributed by atoms with Gasteiger partial charge in [0.05, 0.1) is 16.5 Å². The number of thioether (sulfide) groups is 1. The summed E-state index contributed by atoms with van der Waals surface area (Å²) in [6.07, 6.45) is 3.33. The second-order valence-corrected chi connectivity index (χ2v) is 10.2. The average Bonchev–Trinajstić information content (AvgIpc) is 3.07. The molecule has 8 heteroatoms. The van der Waals surface area contributed by atoms with Gasteiger partial charge in [-0.15, -0.1) is 0 Å². The van der Waals surface area contributed by atoms with Gasteiger partial charge in [-0.1, -0.05) is 74.2 Å². The SMILES string of the molecule is Cc1cccn2c(=O)c(C=C3SC(=S)N(C(C)c4ccccc4)C3=O)c(NCC(C)C)nc12. The Bertz CT molecular complexity index is 1320. The smallest absolute Gasteiger partial charge is 0.267 e. The van der Waals surface area contributed by atoms with Gasteiger partial charge in [0.2, 0.25) is 0 Å². The third kappa shape index (κ3) is 4.58. The van der Waals surface area contributed by atoms with Crippen molar-refractivity contribution in [3.05, 3.63) is 80.6 Å². The number of amides is 1. The van der Waals surface area contributed by atoms with E-state index in [-0.39, 0.29) is 17.5 Å². The number of aryl methyl sites for hydroxylation is 1. The van der Waals surface area contributed by atoms with E-state index in [2.05, 4.69) is 19.2 Å². The molecule has 1 N–H and O–H groups in total. The summed E-state index contributed by atoms with van der Waals surface area (Å²) in [6.45, 7) is 8.70. The number of anilines is 1. The molecule has 0 spiro atoms. The lowest BCUT2D eigenvalue weighted by atomic mass is 10.1. The molecule has 1 saturated heterocycles. The zero-order valence-electron chi connectivity index (χ0n) is 19.0. The van der Waals surface area contributed by atoms with Gasteiger partial charge in [0.15, 0.2) is 0 Å². The van der Waals surface area contributed by atoms with E-state index in [0.717, 1.165) is 11.1 Å². The van der Waals surface area contributed by atoms with Crippen molar-refractivity contribution < 1.29 is 4.79 Å². The van der Waals surface area contributed by atoms with Crippen molar-refractivity contribution in [2.24, 2.45) is 5.92 Å². The first-order valence-electron chi connectivity index (χ1n) is 10.9. The van der Waals surface area contributed by atoms with Gasteiger partial charge in [0.25, 0.3) is 11.5 Å². The molecule has 1 unspecified atom stereocenters. The van der Waals surface area contributed by atoms with Crippen LogP contribution in [0.1, 0.15) is 43.5 Å². The van der Waals surface area contributed by atoms with E-state index in [4.69, 9.17) is 17.2 Å². The number of aromatic nitrogens is 2. The Balaban J connectivity index is 1.78. The van der Waals surface area contributed by atoms with Crippen LogP contribution in [0.3, 0.4) is 0 Å². The highest BCUT2D eigenvalue weighted by molar-refractivity contribution is 8.26. The highest BCUT2D eigenvalue weighted by atomic mass is 32.2. The number of fused-ring (bicyclic) bond motifs is 1. The van der Waals surface area contributed by atoms with Gasteiger partial charge in [0.1, 0.15) is 15.8 Å². The lowest BCUT2D eigenvalue weighted by Gasteiger charge is -2.23. The predicted molar refractivity (Wildman–Crippen MR) is 139 cm³/mol. The highest BCUT2D eigenvalue weighted by Crippen LogP contribution is 2.38. The Morgan fingerprint density at radius 1 is 1.12 bits per heavy atom. The van der Waals surface area contributed by atoms with Crippen LogP contribution in [-0.4, -0.2) is 31.1 Å². The largest absolute Gasteiger partial charge is 0.369 e. The summed E-state index contributed by atoms with van der Waals surface area (Å²) < 4.78 is 2.00. The van der Waals surface area contributed by atoms with Crippen LogP contribution in [0.2, 0.25) is 0 Å². The van der Waals surface area contributed by atoms with Crippen molar-refractivity contribution >= 4 is 51.7 Å². The maximum atomic E-state index is 13.4. The first-order chi connectivity index (χ1) is 15.8. The van der Waals surface area contributed by atoms with Crippen molar-refractivity contribution in [3.8, 4) is 0 Å². The third-order valence-electron chi connectivity index (χ3n) is 5.53. The fraction of sp³-hybridized carbons (Fsp3) is 0.280. The van der Waals surface area contributed by atoms with Crippen molar-refractivity contribution in [3.63, 3.8) is 0 Å². The summed E-state index contributed by atoms with van der Waals surface area (Å²) in [4.78, 5) is 33.5. The predicted octanol–water partition coefficient (Wildman–Crippen LogP) is 5.03. The monoisotopic (exact) mass is 478 g/mol. The van der Waals surface area contributed by atoms with Crippen LogP contribution in [0.15, 0.2) is 58.4 Å². The van der Waals surface area contributed by atoms with Crippen LogP contribution in [0.5, 0.6) is 0 Å². The van der Waals surface area contributed by atoms with Crippen molar-refractivity contribution in [1.29, 1.82) is 0 Å². The maximum Gasteiger partial charge on any atom is 0.267 e. The minimum atomic E-state index is -0.226. The molecule has 4 rings (SSSR count). The minimum absolute atomic E-state index is 0.204. The van der Waals surface area contributed by atoms with Gasteiger partial charge in [-0.3, -0.25) is 18.9 Å². The third-order valence-corrected chi connectivity index (χ3v) is 6.86. The number of rotatable bonds is 6. The first-order valence-corrected chi connectivity index (χ1v) is 12.1. The molecular formula is C25H26N4O2S2. The normalized spacial score (nSPS) is 16.3. The number of hydrogen-bond donors (Lipinski definition) is 1. The molecule has 6 nitrogen and oxygen atoms in total. The molecule has 33 heavy (non-hydrogen) atoms. The molecular weight excluding hydrogens is 452 g/mol. The molecule has 0 saturated carbocycles. The Hall–Kier alpha value is -2.97. The molecule has 0 aliphatic carbocycles. The second-order valence-electron chi connectivity index (χ2n) is 8.48. The van der Waals surface area contributed by atoms with Gasteiger partial charge in [0, 0.05) is 12.7 Å². The van der Waals surface area contributed by atoms with E-state index in [1.54, 1.807) is 17.2 Å². The van der Waals surface area contributed by atoms with Crippen molar-refractivity contribution in [2.75, 3.05) is 11.9 Å². The number of nitrogens with one attached hydrogen (secondary N) is 1. The fourth-order valence-electron chi connectivity index (χ4n) is 3.70. The minimum Gasteiger partial charge on any atom is -0.369 e. The van der Waals surface area contributed by atoms with Gasteiger partial charge >= 0.3 is 0 Å². The summed E-state index contributed by atoms with van der Waals surface area (Å²) >= 11 is 6.76. The number of benzene rings is 1. The first kappa shape index (κ1) is 23.2. The lowest BCUT2D eigenvalue weighted by Crippen LogP contribution is -2.31. The molecule has 1 aliphatic rings. The van der Waals surface area contributed by atoms with Gasteiger partial charge in [-0.25, -0.2) is 4.98 Å². The van der Waals surface area contributed by atoms with E-state index in [0.29, 0.717) is 38.7 Å². The number of hydrogen-bond acceptors (Lipinski definition) is 6.